The highest BCUT2D eigenvalue weighted by Gasteiger charge is 2.08. The number of thiophene rings is 1. The van der Waals surface area contributed by atoms with E-state index in [0.717, 1.165) is 6.54 Å². The van der Waals surface area contributed by atoms with Gasteiger partial charge >= 0.3 is 0 Å². The normalized spacial score (nSPS) is 13.9. The fourth-order valence-electron chi connectivity index (χ4n) is 1.39. The first-order chi connectivity index (χ1) is 7.55. The molecule has 0 unspecified atom stereocenters. The minimum absolute atomic E-state index is 0.244. The Morgan fingerprint density at radius 1 is 1.50 bits per heavy atom. The molecule has 1 aromatic rings. The van der Waals surface area contributed by atoms with Crippen LogP contribution in [0.3, 0.4) is 0 Å². The summed E-state index contributed by atoms with van der Waals surface area (Å²) >= 11 is 1.72. The van der Waals surface area contributed by atoms with Gasteiger partial charge in [0.1, 0.15) is 9.84 Å². The SMILES string of the molecule is CCS(=O)(=O)CCCN[C@H](C)c1cccs1. The first-order valence-corrected chi connectivity index (χ1v) is 8.22. The van der Waals surface area contributed by atoms with Crippen molar-refractivity contribution in [2.24, 2.45) is 0 Å². The summed E-state index contributed by atoms with van der Waals surface area (Å²) in [6.45, 7) is 4.54. The van der Waals surface area contributed by atoms with Gasteiger partial charge in [-0.3, -0.25) is 0 Å². The Morgan fingerprint density at radius 2 is 2.25 bits per heavy atom. The summed E-state index contributed by atoms with van der Waals surface area (Å²) in [5.74, 6) is 0.529. The molecule has 0 spiro atoms. The van der Waals surface area contributed by atoms with E-state index in [0.29, 0.717) is 12.5 Å². The number of sulfone groups is 1. The Kier molecular flexibility index (Phi) is 5.44. The van der Waals surface area contributed by atoms with Gasteiger partial charge in [-0.1, -0.05) is 13.0 Å². The van der Waals surface area contributed by atoms with Crippen LogP contribution in [0, 0.1) is 0 Å². The second-order valence-electron chi connectivity index (χ2n) is 3.78. The van der Waals surface area contributed by atoms with Crippen molar-refractivity contribution in [3.8, 4) is 0 Å². The van der Waals surface area contributed by atoms with E-state index in [9.17, 15) is 8.42 Å². The molecule has 0 saturated heterocycles. The quantitative estimate of drug-likeness (QED) is 0.766. The van der Waals surface area contributed by atoms with E-state index in [4.69, 9.17) is 0 Å². The molecule has 92 valence electrons. The van der Waals surface area contributed by atoms with Crippen molar-refractivity contribution in [2.75, 3.05) is 18.1 Å². The third kappa shape index (κ3) is 4.63. The summed E-state index contributed by atoms with van der Waals surface area (Å²) in [5, 5.41) is 5.38. The molecule has 16 heavy (non-hydrogen) atoms. The van der Waals surface area contributed by atoms with E-state index < -0.39 is 9.84 Å². The molecule has 0 aromatic carbocycles. The summed E-state index contributed by atoms with van der Waals surface area (Å²) in [7, 11) is -2.81. The van der Waals surface area contributed by atoms with Gasteiger partial charge in [0, 0.05) is 16.7 Å². The smallest absolute Gasteiger partial charge is 0.150 e. The Labute approximate surface area is 102 Å². The molecule has 3 nitrogen and oxygen atoms in total. The van der Waals surface area contributed by atoms with Crippen LogP contribution in [0.5, 0.6) is 0 Å². The summed E-state index contributed by atoms with van der Waals surface area (Å²) < 4.78 is 22.5. The van der Waals surface area contributed by atoms with Gasteiger partial charge in [0.15, 0.2) is 0 Å². The molecular weight excluding hydrogens is 242 g/mol. The third-order valence-corrected chi connectivity index (χ3v) is 5.34. The average Bonchev–Trinajstić information content (AvgIpc) is 2.77. The molecule has 0 amide bonds. The van der Waals surface area contributed by atoms with Crippen molar-refractivity contribution in [3.63, 3.8) is 0 Å². The van der Waals surface area contributed by atoms with Gasteiger partial charge in [-0.05, 0) is 31.3 Å². The molecule has 0 fully saturated rings. The highest BCUT2D eigenvalue weighted by atomic mass is 32.2. The molecule has 0 aliphatic heterocycles. The maximum Gasteiger partial charge on any atom is 0.150 e. The van der Waals surface area contributed by atoms with Gasteiger partial charge in [-0.25, -0.2) is 8.42 Å². The number of hydrogen-bond acceptors (Lipinski definition) is 4. The maximum atomic E-state index is 11.2. The highest BCUT2D eigenvalue weighted by molar-refractivity contribution is 7.91. The van der Waals surface area contributed by atoms with E-state index >= 15 is 0 Å². The van der Waals surface area contributed by atoms with Crippen LogP contribution in [0.4, 0.5) is 0 Å². The Balaban J connectivity index is 2.22. The first-order valence-electron chi connectivity index (χ1n) is 5.52. The van der Waals surface area contributed by atoms with Crippen molar-refractivity contribution in [2.45, 2.75) is 26.3 Å². The van der Waals surface area contributed by atoms with Crippen molar-refractivity contribution in [1.29, 1.82) is 0 Å². The fraction of sp³-hybridized carbons (Fsp3) is 0.636. The Morgan fingerprint density at radius 3 is 2.81 bits per heavy atom. The third-order valence-electron chi connectivity index (χ3n) is 2.49. The molecule has 5 heteroatoms. The zero-order valence-electron chi connectivity index (χ0n) is 9.77. The fourth-order valence-corrected chi connectivity index (χ4v) is 3.02. The van der Waals surface area contributed by atoms with Gasteiger partial charge in [-0.2, -0.15) is 0 Å². The largest absolute Gasteiger partial charge is 0.309 e. The van der Waals surface area contributed by atoms with Crippen LogP contribution < -0.4 is 5.32 Å². The van der Waals surface area contributed by atoms with Crippen molar-refractivity contribution in [3.05, 3.63) is 22.4 Å². The van der Waals surface area contributed by atoms with Crippen LogP contribution in [0.2, 0.25) is 0 Å². The lowest BCUT2D eigenvalue weighted by molar-refractivity contribution is 0.565. The second-order valence-corrected chi connectivity index (χ2v) is 7.23. The topological polar surface area (TPSA) is 46.2 Å². The minimum atomic E-state index is -2.81. The van der Waals surface area contributed by atoms with E-state index in [1.165, 1.54) is 4.88 Å². The minimum Gasteiger partial charge on any atom is -0.309 e. The van der Waals surface area contributed by atoms with Gasteiger partial charge in [0.2, 0.25) is 0 Å². The van der Waals surface area contributed by atoms with Gasteiger partial charge in [-0.15, -0.1) is 11.3 Å². The lowest BCUT2D eigenvalue weighted by Gasteiger charge is -2.11. The highest BCUT2D eigenvalue weighted by Crippen LogP contribution is 2.17. The number of hydrogen-bond donors (Lipinski definition) is 1. The van der Waals surface area contributed by atoms with E-state index in [1.807, 2.05) is 6.07 Å². The molecule has 1 rings (SSSR count). The van der Waals surface area contributed by atoms with Crippen LogP contribution in [-0.4, -0.2) is 26.5 Å². The summed E-state index contributed by atoms with van der Waals surface area (Å²) in [5.41, 5.74) is 0. The monoisotopic (exact) mass is 261 g/mol. The lowest BCUT2D eigenvalue weighted by atomic mass is 10.2. The molecule has 0 radical (unpaired) electrons. The molecule has 1 aromatic heterocycles. The average molecular weight is 261 g/mol. The van der Waals surface area contributed by atoms with Crippen LogP contribution in [0.15, 0.2) is 17.5 Å². The lowest BCUT2D eigenvalue weighted by Crippen LogP contribution is -2.21. The summed E-state index contributed by atoms with van der Waals surface area (Å²) in [6, 6.07) is 4.43. The zero-order valence-corrected chi connectivity index (χ0v) is 11.4. The van der Waals surface area contributed by atoms with E-state index in [2.05, 4.69) is 23.7 Å². The molecular formula is C11H19NO2S2. The number of rotatable bonds is 7. The Hall–Kier alpha value is -0.390. The molecule has 1 heterocycles. The molecule has 1 N–H and O–H groups in total. The van der Waals surface area contributed by atoms with Crippen LogP contribution in [0.25, 0.3) is 0 Å². The van der Waals surface area contributed by atoms with E-state index in [1.54, 1.807) is 18.3 Å². The molecule has 1 atom stereocenters. The van der Waals surface area contributed by atoms with Crippen molar-refractivity contribution in [1.82, 2.24) is 5.32 Å². The van der Waals surface area contributed by atoms with Gasteiger partial charge in [0.05, 0.1) is 5.75 Å². The predicted molar refractivity (Wildman–Crippen MR) is 69.7 cm³/mol. The second kappa shape index (κ2) is 6.37. The number of nitrogens with one attached hydrogen (secondary N) is 1. The van der Waals surface area contributed by atoms with Crippen molar-refractivity contribution < 1.29 is 8.42 Å². The molecule has 0 saturated carbocycles. The van der Waals surface area contributed by atoms with Gasteiger partial charge in [0.25, 0.3) is 0 Å². The summed E-state index contributed by atoms with van der Waals surface area (Å²) in [4.78, 5) is 1.29. The van der Waals surface area contributed by atoms with Crippen LogP contribution in [-0.2, 0) is 9.84 Å². The maximum absolute atomic E-state index is 11.2. The molecule has 0 aliphatic carbocycles. The Bertz CT molecular complexity index is 384. The van der Waals surface area contributed by atoms with E-state index in [-0.39, 0.29) is 11.5 Å². The standard InChI is InChI=1S/C11H19NO2S2/c1-3-16(13,14)9-5-7-12-10(2)11-6-4-8-15-11/h4,6,8,10,12H,3,5,7,9H2,1-2H3/t10-/m1/s1. The zero-order chi connectivity index (χ0) is 12.0. The van der Waals surface area contributed by atoms with Crippen LogP contribution in [0.1, 0.15) is 31.2 Å². The predicted octanol–water partition coefficient (Wildman–Crippen LogP) is 2.22. The molecule has 0 bridgehead atoms. The first kappa shape index (κ1) is 13.7. The van der Waals surface area contributed by atoms with Gasteiger partial charge < -0.3 is 5.32 Å². The van der Waals surface area contributed by atoms with Crippen LogP contribution >= 0.6 is 11.3 Å². The summed E-state index contributed by atoms with van der Waals surface area (Å²) in [6.07, 6.45) is 0.686. The molecule has 0 aliphatic rings. The van der Waals surface area contributed by atoms with Crippen molar-refractivity contribution >= 4 is 21.2 Å².